The lowest BCUT2D eigenvalue weighted by molar-refractivity contribution is -0.385. The van der Waals surface area contributed by atoms with Crippen LogP contribution < -0.4 is 10.2 Å². The fourth-order valence-electron chi connectivity index (χ4n) is 1.54. The van der Waals surface area contributed by atoms with Gasteiger partial charge in [-0.05, 0) is 27.7 Å². The largest absolute Gasteiger partial charge is 0.504 e. The minimum absolute atomic E-state index is 0.0266. The van der Waals surface area contributed by atoms with Crippen LogP contribution in [0.5, 0.6) is 11.5 Å². The topological polar surface area (TPSA) is 123 Å². The summed E-state index contributed by atoms with van der Waals surface area (Å²) in [7, 11) is 0. The van der Waals surface area contributed by atoms with Crippen LogP contribution in [0.25, 0.3) is 0 Å². The van der Waals surface area contributed by atoms with Crippen LogP contribution in [0.3, 0.4) is 0 Å². The first-order chi connectivity index (χ1) is 10.6. The van der Waals surface area contributed by atoms with Crippen molar-refractivity contribution in [3.05, 3.63) is 27.8 Å². The van der Waals surface area contributed by atoms with Crippen molar-refractivity contribution in [3.8, 4) is 11.5 Å². The van der Waals surface area contributed by atoms with Crippen molar-refractivity contribution in [2.45, 2.75) is 33.3 Å². The lowest BCUT2D eigenvalue weighted by Gasteiger charge is -2.18. The monoisotopic (exact) mass is 325 g/mol. The zero-order valence-corrected chi connectivity index (χ0v) is 13.3. The van der Waals surface area contributed by atoms with Crippen molar-refractivity contribution in [1.29, 1.82) is 0 Å². The maximum absolute atomic E-state index is 11.4. The molecule has 0 unspecified atom stereocenters. The van der Waals surface area contributed by atoms with E-state index < -0.39 is 16.6 Å². The second-order valence-corrected chi connectivity index (χ2v) is 5.44. The number of amides is 1. The molecule has 0 bridgehead atoms. The summed E-state index contributed by atoms with van der Waals surface area (Å²) in [6.45, 7) is 6.97. The van der Waals surface area contributed by atoms with Gasteiger partial charge in [0.15, 0.2) is 11.5 Å². The molecule has 1 aromatic rings. The fraction of sp³-hybridized carbons (Fsp3) is 0.429. The number of nitrogens with one attached hydrogen (secondary N) is 1. The Labute approximate surface area is 133 Å². The number of rotatable bonds is 5. The van der Waals surface area contributed by atoms with E-state index in [0.717, 1.165) is 18.3 Å². The van der Waals surface area contributed by atoms with Crippen molar-refractivity contribution < 1.29 is 24.3 Å². The molecular formula is C14H19N3O6. The van der Waals surface area contributed by atoms with Gasteiger partial charge in [0.1, 0.15) is 5.60 Å². The van der Waals surface area contributed by atoms with Gasteiger partial charge in [0.2, 0.25) is 0 Å². The molecule has 0 fully saturated rings. The average Bonchev–Trinajstić information content (AvgIpc) is 2.40. The summed E-state index contributed by atoms with van der Waals surface area (Å²) in [4.78, 5) is 21.7. The Morgan fingerprint density at radius 2 is 2.13 bits per heavy atom. The highest BCUT2D eigenvalue weighted by atomic mass is 16.6. The Morgan fingerprint density at radius 1 is 1.48 bits per heavy atom. The molecule has 0 radical (unpaired) electrons. The van der Waals surface area contributed by atoms with Crippen molar-refractivity contribution in [1.82, 2.24) is 5.43 Å². The van der Waals surface area contributed by atoms with Gasteiger partial charge >= 0.3 is 6.09 Å². The van der Waals surface area contributed by atoms with Crippen LogP contribution in [-0.2, 0) is 4.74 Å². The van der Waals surface area contributed by atoms with Crippen molar-refractivity contribution in [2.75, 3.05) is 6.61 Å². The molecule has 0 aliphatic rings. The zero-order valence-electron chi connectivity index (χ0n) is 13.3. The van der Waals surface area contributed by atoms with Crippen LogP contribution in [0, 0.1) is 10.1 Å². The number of hydrogen-bond acceptors (Lipinski definition) is 7. The van der Waals surface area contributed by atoms with Gasteiger partial charge in [0, 0.05) is 11.6 Å². The highest BCUT2D eigenvalue weighted by molar-refractivity contribution is 5.87. The lowest BCUT2D eigenvalue weighted by Crippen LogP contribution is -2.29. The Hall–Kier alpha value is -2.84. The molecular weight excluding hydrogens is 306 g/mol. The van der Waals surface area contributed by atoms with E-state index >= 15 is 0 Å². The van der Waals surface area contributed by atoms with Crippen LogP contribution in [0.2, 0.25) is 0 Å². The smallest absolute Gasteiger partial charge is 0.428 e. The third-order valence-corrected chi connectivity index (χ3v) is 2.36. The zero-order chi connectivity index (χ0) is 17.6. The van der Waals surface area contributed by atoms with Crippen LogP contribution in [0.1, 0.15) is 33.3 Å². The summed E-state index contributed by atoms with van der Waals surface area (Å²) in [6.07, 6.45) is 0.276. The maximum atomic E-state index is 11.4. The third kappa shape index (κ3) is 5.81. The van der Waals surface area contributed by atoms with E-state index in [9.17, 15) is 20.0 Å². The SMILES string of the molecule is CCOc1cc([N+](=O)[O-])cc(/C=N\NC(=O)OC(C)(C)C)c1O. The van der Waals surface area contributed by atoms with Crippen molar-refractivity contribution in [2.24, 2.45) is 5.10 Å². The molecule has 126 valence electrons. The predicted molar refractivity (Wildman–Crippen MR) is 82.9 cm³/mol. The first-order valence-corrected chi connectivity index (χ1v) is 6.80. The molecule has 0 atom stereocenters. The minimum Gasteiger partial charge on any atom is -0.504 e. The molecule has 0 aliphatic heterocycles. The number of carbonyl (C=O) groups is 1. The average molecular weight is 325 g/mol. The summed E-state index contributed by atoms with van der Waals surface area (Å²) >= 11 is 0. The van der Waals surface area contributed by atoms with Crippen molar-refractivity contribution >= 4 is 18.0 Å². The first-order valence-electron chi connectivity index (χ1n) is 6.80. The fourth-order valence-corrected chi connectivity index (χ4v) is 1.54. The normalized spacial score (nSPS) is 11.3. The molecule has 0 aliphatic carbocycles. The van der Waals surface area contributed by atoms with Crippen molar-refractivity contribution in [3.63, 3.8) is 0 Å². The van der Waals surface area contributed by atoms with Gasteiger partial charge in [-0.1, -0.05) is 0 Å². The quantitative estimate of drug-likeness (QED) is 0.487. The highest BCUT2D eigenvalue weighted by Crippen LogP contribution is 2.33. The van der Waals surface area contributed by atoms with Crippen LogP contribution >= 0.6 is 0 Å². The maximum Gasteiger partial charge on any atom is 0.428 e. The molecule has 0 aromatic heterocycles. The Morgan fingerprint density at radius 3 is 2.65 bits per heavy atom. The summed E-state index contributed by atoms with van der Waals surface area (Å²) in [6, 6.07) is 2.22. The number of nitro groups is 1. The van der Waals surface area contributed by atoms with E-state index in [1.54, 1.807) is 27.7 Å². The number of hydrazone groups is 1. The molecule has 9 heteroatoms. The van der Waals surface area contributed by atoms with E-state index in [-0.39, 0.29) is 29.4 Å². The van der Waals surface area contributed by atoms with Gasteiger partial charge in [-0.25, -0.2) is 10.2 Å². The second-order valence-electron chi connectivity index (χ2n) is 5.44. The van der Waals surface area contributed by atoms with E-state index in [0.29, 0.717) is 0 Å². The third-order valence-electron chi connectivity index (χ3n) is 2.36. The number of carbonyl (C=O) groups excluding carboxylic acids is 1. The van der Waals surface area contributed by atoms with Crippen LogP contribution in [-0.4, -0.2) is 34.5 Å². The first kappa shape index (κ1) is 18.2. The molecule has 1 amide bonds. The van der Waals surface area contributed by atoms with Gasteiger partial charge in [-0.15, -0.1) is 0 Å². The Kier molecular flexibility index (Phi) is 5.88. The summed E-state index contributed by atoms with van der Waals surface area (Å²) < 4.78 is 10.1. The Bertz CT molecular complexity index is 622. The van der Waals surface area contributed by atoms with Gasteiger partial charge in [-0.3, -0.25) is 10.1 Å². The number of benzene rings is 1. The predicted octanol–water partition coefficient (Wildman–Crippen LogP) is 2.56. The van der Waals surface area contributed by atoms with Gasteiger partial charge in [-0.2, -0.15) is 5.10 Å². The molecule has 0 heterocycles. The number of nitrogens with zero attached hydrogens (tertiary/aromatic N) is 2. The lowest BCUT2D eigenvalue weighted by atomic mass is 10.1. The van der Waals surface area contributed by atoms with Gasteiger partial charge < -0.3 is 14.6 Å². The minimum atomic E-state index is -0.788. The molecule has 0 saturated carbocycles. The molecule has 0 saturated heterocycles. The summed E-state index contributed by atoms with van der Waals surface area (Å²) in [5, 5.41) is 24.5. The number of ether oxygens (including phenoxy) is 2. The number of nitro benzene ring substituents is 1. The number of hydrogen-bond donors (Lipinski definition) is 2. The van der Waals surface area contributed by atoms with E-state index in [1.807, 2.05) is 0 Å². The van der Waals surface area contributed by atoms with E-state index in [4.69, 9.17) is 9.47 Å². The molecule has 1 aromatic carbocycles. The molecule has 23 heavy (non-hydrogen) atoms. The number of non-ortho nitro benzene ring substituents is 1. The van der Waals surface area contributed by atoms with Crippen LogP contribution in [0.4, 0.5) is 10.5 Å². The Balaban J connectivity index is 2.96. The summed E-state index contributed by atoms with van der Waals surface area (Å²) in [5.41, 5.74) is 1.17. The molecule has 2 N–H and O–H groups in total. The number of phenolic OH excluding ortho intramolecular Hbond substituents is 1. The highest BCUT2D eigenvalue weighted by Gasteiger charge is 2.17. The molecule has 1 rings (SSSR count). The number of phenols is 1. The number of aromatic hydroxyl groups is 1. The van der Waals surface area contributed by atoms with E-state index in [1.165, 1.54) is 0 Å². The molecule has 9 nitrogen and oxygen atoms in total. The van der Waals surface area contributed by atoms with Gasteiger partial charge in [0.05, 0.1) is 23.8 Å². The van der Waals surface area contributed by atoms with Gasteiger partial charge in [0.25, 0.3) is 5.69 Å². The summed E-state index contributed by atoms with van der Waals surface area (Å²) in [5.74, 6) is -0.354. The second kappa shape index (κ2) is 7.43. The van der Waals surface area contributed by atoms with Crippen LogP contribution in [0.15, 0.2) is 17.2 Å². The standard InChI is InChI=1S/C14H19N3O6/c1-5-22-11-7-10(17(20)21)6-9(12(11)18)8-15-16-13(19)23-14(2,3)4/h6-8,18H,5H2,1-4H3,(H,16,19)/b15-8-. The molecule has 0 spiro atoms. The van der Waals surface area contributed by atoms with E-state index in [2.05, 4.69) is 10.5 Å².